The average molecular weight is 835 g/mol. The highest BCUT2D eigenvalue weighted by atomic mass is 31.2. The van der Waals surface area contributed by atoms with Crippen LogP contribution in [0, 0.1) is 0 Å². The molecule has 8 nitrogen and oxygen atoms in total. The summed E-state index contributed by atoms with van der Waals surface area (Å²) >= 11 is 0. The van der Waals surface area contributed by atoms with E-state index in [0.717, 1.165) is 57.8 Å². The van der Waals surface area contributed by atoms with E-state index in [-0.39, 0.29) is 19.1 Å². The first kappa shape index (κ1) is 56.2. The minimum absolute atomic E-state index is 0.00318. The smallest absolute Gasteiger partial charge is 0.268 e. The molecule has 0 radical (unpaired) electrons. The molecule has 0 aromatic rings. The monoisotopic (exact) mass is 835 g/mol. The predicted molar refractivity (Wildman–Crippen MR) is 247 cm³/mol. The van der Waals surface area contributed by atoms with Gasteiger partial charge in [0, 0.05) is 6.42 Å². The molecule has 2 N–H and O–H groups in total. The van der Waals surface area contributed by atoms with Gasteiger partial charge in [0.05, 0.1) is 39.9 Å². The van der Waals surface area contributed by atoms with Crippen molar-refractivity contribution in [3.63, 3.8) is 0 Å². The Bertz CT molecular complexity index is 1130. The fourth-order valence-corrected chi connectivity index (χ4v) is 7.23. The number of likely N-dealkylation sites (N-methyl/N-ethyl adjacent to an activating group) is 1. The second-order valence-corrected chi connectivity index (χ2v) is 18.5. The van der Waals surface area contributed by atoms with Crippen molar-refractivity contribution in [1.82, 2.24) is 5.32 Å². The van der Waals surface area contributed by atoms with Gasteiger partial charge in [-0.2, -0.15) is 0 Å². The lowest BCUT2D eigenvalue weighted by Crippen LogP contribution is -2.45. The molecule has 3 atom stereocenters. The molecule has 338 valence electrons. The van der Waals surface area contributed by atoms with E-state index >= 15 is 0 Å². The van der Waals surface area contributed by atoms with Crippen LogP contribution in [0.25, 0.3) is 0 Å². The van der Waals surface area contributed by atoms with Crippen molar-refractivity contribution in [3.05, 3.63) is 60.8 Å². The number of hydrogen-bond acceptors (Lipinski definition) is 6. The molecular formula is C49H91N2O6P. The standard InChI is InChI=1S/C49H91N2O6P/c1-6-8-10-11-12-13-14-15-16-17-18-19-20-21-22-23-24-25-26-27-28-29-30-31-32-33-34-35-36-37-38-39-41-43-49(53)50-47(48(52)42-40-9-7-2)46-57-58(54,55)56-45-44-51(3,4)5/h8,10,12-13,15-16,18-19,40,42,47-48,52H,6-7,9,11,14,17,20-39,41,43-46H2,1-5H3,(H-,50,53,54,55)/b10-8-,13-12-,16-15-,19-18-,42-40+. The Balaban J connectivity index is 3.73. The second-order valence-electron chi connectivity index (χ2n) is 17.1. The Kier molecular flexibility index (Phi) is 39.3. The highest BCUT2D eigenvalue weighted by molar-refractivity contribution is 7.45. The summed E-state index contributed by atoms with van der Waals surface area (Å²) in [5.74, 6) is -0.210. The van der Waals surface area contributed by atoms with E-state index in [1.807, 2.05) is 34.1 Å². The van der Waals surface area contributed by atoms with E-state index in [4.69, 9.17) is 9.05 Å². The number of hydrogen-bond donors (Lipinski definition) is 2. The van der Waals surface area contributed by atoms with Gasteiger partial charge >= 0.3 is 0 Å². The Hall–Kier alpha value is -1.80. The summed E-state index contributed by atoms with van der Waals surface area (Å²) < 4.78 is 22.9. The molecule has 3 unspecified atom stereocenters. The minimum atomic E-state index is -4.56. The molecule has 0 aliphatic rings. The fourth-order valence-electron chi connectivity index (χ4n) is 6.50. The fraction of sp³-hybridized carbons (Fsp3) is 0.776. The van der Waals surface area contributed by atoms with Gasteiger partial charge < -0.3 is 28.8 Å². The van der Waals surface area contributed by atoms with Crippen molar-refractivity contribution in [2.75, 3.05) is 40.9 Å². The van der Waals surface area contributed by atoms with Gasteiger partial charge in [0.15, 0.2) is 0 Å². The van der Waals surface area contributed by atoms with Crippen LogP contribution in [-0.4, -0.2) is 68.5 Å². The number of aliphatic hydroxyl groups excluding tert-OH is 1. The molecule has 0 fully saturated rings. The van der Waals surface area contributed by atoms with E-state index in [1.165, 1.54) is 116 Å². The number of unbranched alkanes of at least 4 members (excludes halogenated alkanes) is 21. The van der Waals surface area contributed by atoms with Gasteiger partial charge in [0.1, 0.15) is 13.2 Å². The van der Waals surface area contributed by atoms with E-state index in [0.29, 0.717) is 17.4 Å². The zero-order valence-corrected chi connectivity index (χ0v) is 39.1. The van der Waals surface area contributed by atoms with Crippen LogP contribution in [0.1, 0.15) is 194 Å². The molecule has 0 saturated heterocycles. The van der Waals surface area contributed by atoms with Crippen molar-refractivity contribution in [1.29, 1.82) is 0 Å². The van der Waals surface area contributed by atoms with Crippen molar-refractivity contribution in [2.24, 2.45) is 0 Å². The average Bonchev–Trinajstić information content (AvgIpc) is 3.17. The van der Waals surface area contributed by atoms with E-state index in [9.17, 15) is 19.4 Å². The number of rotatable bonds is 42. The largest absolute Gasteiger partial charge is 0.756 e. The molecule has 0 rings (SSSR count). The van der Waals surface area contributed by atoms with Crippen LogP contribution in [0.3, 0.4) is 0 Å². The van der Waals surface area contributed by atoms with Crippen molar-refractivity contribution < 1.29 is 32.9 Å². The highest BCUT2D eigenvalue weighted by Crippen LogP contribution is 2.38. The number of carbonyl (C=O) groups is 1. The van der Waals surface area contributed by atoms with Crippen LogP contribution < -0.4 is 10.2 Å². The molecule has 0 aromatic carbocycles. The number of carbonyl (C=O) groups excluding carboxylic acids is 1. The molecule has 0 bridgehead atoms. The first-order valence-electron chi connectivity index (χ1n) is 23.7. The Morgan fingerprint density at radius 1 is 0.621 bits per heavy atom. The molecule has 0 spiro atoms. The summed E-state index contributed by atoms with van der Waals surface area (Å²) in [5.41, 5.74) is 0. The summed E-state index contributed by atoms with van der Waals surface area (Å²) in [5, 5.41) is 13.4. The number of quaternary nitrogens is 1. The first-order valence-corrected chi connectivity index (χ1v) is 25.1. The number of allylic oxidation sites excluding steroid dienone is 9. The molecule has 0 heterocycles. The van der Waals surface area contributed by atoms with Crippen molar-refractivity contribution in [3.8, 4) is 0 Å². The molecule has 9 heteroatoms. The first-order chi connectivity index (χ1) is 28.0. The molecule has 0 aliphatic heterocycles. The summed E-state index contributed by atoms with van der Waals surface area (Å²) in [6, 6.07) is -0.881. The predicted octanol–water partition coefficient (Wildman–Crippen LogP) is 12.8. The summed E-state index contributed by atoms with van der Waals surface area (Å²) in [4.78, 5) is 25.0. The highest BCUT2D eigenvalue weighted by Gasteiger charge is 2.23. The Morgan fingerprint density at radius 3 is 1.50 bits per heavy atom. The SMILES string of the molecule is CC/C=C\C/C=C\C/C=C\C/C=C\CCCCCCCCCCCCCCCCCCCCCCC(=O)NC(COP(=O)([O-])OCC[N+](C)(C)C)C(O)/C=C/CCC. The quantitative estimate of drug-likeness (QED) is 0.0274. The lowest BCUT2D eigenvalue weighted by Gasteiger charge is -2.29. The van der Waals surface area contributed by atoms with Crippen molar-refractivity contribution >= 4 is 13.7 Å². The van der Waals surface area contributed by atoms with Crippen LogP contribution >= 0.6 is 7.82 Å². The van der Waals surface area contributed by atoms with Crippen LogP contribution in [0.4, 0.5) is 0 Å². The Morgan fingerprint density at radius 2 is 1.05 bits per heavy atom. The number of nitrogens with zero attached hydrogens (tertiary/aromatic N) is 1. The van der Waals surface area contributed by atoms with Gasteiger partial charge in [-0.25, -0.2) is 0 Å². The maximum absolute atomic E-state index is 12.7. The van der Waals surface area contributed by atoms with Gasteiger partial charge in [-0.1, -0.05) is 197 Å². The number of aliphatic hydroxyl groups is 1. The van der Waals surface area contributed by atoms with E-state index in [2.05, 4.69) is 60.8 Å². The lowest BCUT2D eigenvalue weighted by molar-refractivity contribution is -0.870. The zero-order chi connectivity index (χ0) is 42.8. The second kappa shape index (κ2) is 40.6. The summed E-state index contributed by atoms with van der Waals surface area (Å²) in [7, 11) is 1.25. The Labute approximate surface area is 358 Å². The molecule has 0 saturated carbocycles. The normalized spacial score (nSPS) is 14.8. The maximum Gasteiger partial charge on any atom is 0.268 e. The molecular weight excluding hydrogens is 744 g/mol. The van der Waals surface area contributed by atoms with E-state index in [1.54, 1.807) is 6.08 Å². The molecule has 0 aliphatic carbocycles. The number of amides is 1. The summed E-state index contributed by atoms with van der Waals surface area (Å²) in [6.07, 6.45) is 53.9. The third kappa shape index (κ3) is 42.3. The zero-order valence-electron chi connectivity index (χ0n) is 38.2. The number of nitrogens with one attached hydrogen (secondary N) is 1. The van der Waals surface area contributed by atoms with Crippen molar-refractivity contribution in [2.45, 2.75) is 206 Å². The molecule has 58 heavy (non-hydrogen) atoms. The topological polar surface area (TPSA) is 108 Å². The van der Waals surface area contributed by atoms with Gasteiger partial charge in [-0.15, -0.1) is 0 Å². The van der Waals surface area contributed by atoms with Crippen LogP contribution in [-0.2, 0) is 18.4 Å². The van der Waals surface area contributed by atoms with Crippen LogP contribution in [0.5, 0.6) is 0 Å². The summed E-state index contributed by atoms with van der Waals surface area (Å²) in [6.45, 7) is 4.31. The van der Waals surface area contributed by atoms with Gasteiger partial charge in [-0.05, 0) is 51.4 Å². The lowest BCUT2D eigenvalue weighted by atomic mass is 10.0. The minimum Gasteiger partial charge on any atom is -0.756 e. The third-order valence-corrected chi connectivity index (χ3v) is 11.2. The molecule has 0 aromatic heterocycles. The van der Waals surface area contributed by atoms with E-state index < -0.39 is 20.0 Å². The van der Waals surface area contributed by atoms with Crippen LogP contribution in [0.2, 0.25) is 0 Å². The van der Waals surface area contributed by atoms with Gasteiger partial charge in [0.2, 0.25) is 5.91 Å². The number of phosphoric acid groups is 1. The molecule has 1 amide bonds. The van der Waals surface area contributed by atoms with Gasteiger partial charge in [-0.3, -0.25) is 9.36 Å². The third-order valence-electron chi connectivity index (χ3n) is 10.2. The number of phosphoric ester groups is 1. The van der Waals surface area contributed by atoms with Crippen LogP contribution in [0.15, 0.2) is 60.8 Å². The van der Waals surface area contributed by atoms with Gasteiger partial charge in [0.25, 0.3) is 7.82 Å². The maximum atomic E-state index is 12.7.